The molecule has 0 aliphatic carbocycles. The van der Waals surface area contributed by atoms with Gasteiger partial charge in [0.2, 0.25) is 0 Å². The van der Waals surface area contributed by atoms with E-state index in [2.05, 4.69) is 15.9 Å². The van der Waals surface area contributed by atoms with E-state index >= 15 is 0 Å². The average Bonchev–Trinajstić information content (AvgIpc) is 2.42. The van der Waals surface area contributed by atoms with E-state index in [0.29, 0.717) is 5.75 Å². The lowest BCUT2D eigenvalue weighted by atomic mass is 10.0. The Hall–Kier alpha value is -1.46. The molecule has 0 saturated heterocycles. The second kappa shape index (κ2) is 6.12. The van der Waals surface area contributed by atoms with Gasteiger partial charge in [0.1, 0.15) is 10.8 Å². The van der Waals surface area contributed by atoms with Gasteiger partial charge in [-0.25, -0.2) is 4.39 Å². The normalized spacial score (nSPS) is 11.0. The van der Waals surface area contributed by atoms with Crippen LogP contribution in [0.15, 0.2) is 28.7 Å². The van der Waals surface area contributed by atoms with Crippen LogP contribution >= 0.6 is 27.5 Å². The summed E-state index contributed by atoms with van der Waals surface area (Å²) < 4.78 is 20.8. The Morgan fingerprint density at radius 3 is 2.48 bits per heavy atom. The third-order valence-corrected chi connectivity index (χ3v) is 3.90. The van der Waals surface area contributed by atoms with Gasteiger partial charge in [-0.05, 0) is 35.7 Å². The highest BCUT2D eigenvalue weighted by Gasteiger charge is 2.18. The second-order valence-electron chi connectivity index (χ2n) is 4.95. The van der Waals surface area contributed by atoms with Gasteiger partial charge >= 0.3 is 0 Å². The van der Waals surface area contributed by atoms with Crippen molar-refractivity contribution in [2.45, 2.75) is 19.8 Å². The molecule has 21 heavy (non-hydrogen) atoms. The zero-order valence-electron chi connectivity index (χ0n) is 11.6. The van der Waals surface area contributed by atoms with Crippen LogP contribution in [0.3, 0.4) is 0 Å². The fourth-order valence-corrected chi connectivity index (χ4v) is 2.45. The van der Waals surface area contributed by atoms with Crippen molar-refractivity contribution in [3.63, 3.8) is 0 Å². The Morgan fingerprint density at radius 2 is 1.86 bits per heavy atom. The lowest BCUT2D eigenvalue weighted by Gasteiger charge is -2.16. The number of hydrogen-bond donors (Lipinski definition) is 2. The van der Waals surface area contributed by atoms with Gasteiger partial charge in [-0.15, -0.1) is 0 Å². The first-order valence-electron chi connectivity index (χ1n) is 6.31. The molecule has 0 atom stereocenters. The smallest absolute Gasteiger partial charge is 0.188 e. The van der Waals surface area contributed by atoms with E-state index < -0.39 is 5.82 Å². The topological polar surface area (TPSA) is 61.3 Å². The first kappa shape index (κ1) is 15.9. The van der Waals surface area contributed by atoms with Crippen molar-refractivity contribution in [2.24, 2.45) is 0 Å². The van der Waals surface area contributed by atoms with Crippen LogP contribution in [0.1, 0.15) is 25.3 Å². The molecule has 0 bridgehead atoms. The van der Waals surface area contributed by atoms with E-state index in [1.807, 2.05) is 26.0 Å². The molecule has 3 nitrogen and oxygen atoms in total. The maximum Gasteiger partial charge on any atom is 0.188 e. The Morgan fingerprint density at radius 1 is 1.19 bits per heavy atom. The first-order valence-corrected chi connectivity index (χ1v) is 7.48. The standard InChI is InChI=1S/C15H15BrClFN2O/c1-7(2)9-5-8(16)3-4-12(9)21-15-11(20)6-10(19)13(17)14(15)18/h3-7H,19-20H2,1-2H3. The van der Waals surface area contributed by atoms with Crippen molar-refractivity contribution in [1.82, 2.24) is 0 Å². The minimum Gasteiger partial charge on any atom is -0.452 e. The molecule has 0 aromatic heterocycles. The van der Waals surface area contributed by atoms with Gasteiger partial charge in [0.25, 0.3) is 0 Å². The number of hydrogen-bond acceptors (Lipinski definition) is 3. The number of benzene rings is 2. The predicted molar refractivity (Wildman–Crippen MR) is 88.5 cm³/mol. The van der Waals surface area contributed by atoms with Crippen LogP contribution in [-0.2, 0) is 0 Å². The average molecular weight is 374 g/mol. The molecule has 0 fully saturated rings. The highest BCUT2D eigenvalue weighted by Crippen LogP contribution is 2.40. The summed E-state index contributed by atoms with van der Waals surface area (Å²) in [5.74, 6) is -0.143. The van der Waals surface area contributed by atoms with Gasteiger partial charge in [0, 0.05) is 4.47 Å². The minimum atomic E-state index is -0.758. The van der Waals surface area contributed by atoms with Crippen LogP contribution < -0.4 is 16.2 Å². The first-order chi connectivity index (χ1) is 9.81. The number of ether oxygens (including phenoxy) is 1. The maximum atomic E-state index is 14.2. The molecule has 2 aromatic carbocycles. The van der Waals surface area contributed by atoms with E-state index in [4.69, 9.17) is 27.8 Å². The Bertz CT molecular complexity index is 692. The van der Waals surface area contributed by atoms with E-state index in [9.17, 15) is 4.39 Å². The van der Waals surface area contributed by atoms with Gasteiger partial charge in [0.05, 0.1) is 11.4 Å². The van der Waals surface area contributed by atoms with Crippen molar-refractivity contribution in [1.29, 1.82) is 0 Å². The molecule has 0 aliphatic heterocycles. The van der Waals surface area contributed by atoms with Crippen molar-refractivity contribution in [3.8, 4) is 11.5 Å². The molecule has 0 radical (unpaired) electrons. The zero-order valence-corrected chi connectivity index (χ0v) is 13.9. The Balaban J connectivity index is 2.51. The lowest BCUT2D eigenvalue weighted by molar-refractivity contribution is 0.438. The summed E-state index contributed by atoms with van der Waals surface area (Å²) in [6.07, 6.45) is 0. The zero-order chi connectivity index (χ0) is 15.7. The minimum absolute atomic E-state index is 0.0823. The lowest BCUT2D eigenvalue weighted by Crippen LogP contribution is -2.01. The molecule has 4 N–H and O–H groups in total. The Kier molecular flexibility index (Phi) is 4.64. The summed E-state index contributed by atoms with van der Waals surface area (Å²) in [5.41, 5.74) is 12.5. The van der Waals surface area contributed by atoms with Crippen LogP contribution in [0.5, 0.6) is 11.5 Å². The third-order valence-electron chi connectivity index (χ3n) is 3.02. The van der Waals surface area contributed by atoms with E-state index in [-0.39, 0.29) is 28.1 Å². The maximum absolute atomic E-state index is 14.2. The van der Waals surface area contributed by atoms with Gasteiger partial charge in [0.15, 0.2) is 11.6 Å². The van der Waals surface area contributed by atoms with Crippen molar-refractivity contribution >= 4 is 38.9 Å². The molecule has 2 aromatic rings. The number of nitrogen functional groups attached to an aromatic ring is 2. The largest absolute Gasteiger partial charge is 0.452 e. The molecule has 0 saturated carbocycles. The summed E-state index contributed by atoms with van der Waals surface area (Å²) in [4.78, 5) is 0. The number of rotatable bonds is 3. The van der Waals surface area contributed by atoms with Crippen molar-refractivity contribution < 1.29 is 9.13 Å². The summed E-state index contributed by atoms with van der Waals surface area (Å²) in [5, 5.41) is -0.192. The third kappa shape index (κ3) is 3.24. The fourth-order valence-electron chi connectivity index (χ4n) is 1.93. The van der Waals surface area contributed by atoms with Crippen LogP contribution in [-0.4, -0.2) is 0 Å². The summed E-state index contributed by atoms with van der Waals surface area (Å²) in [6, 6.07) is 6.87. The predicted octanol–water partition coefficient (Wildman–Crippen LogP) is 5.32. The number of anilines is 2. The van der Waals surface area contributed by atoms with Crippen LogP contribution in [0, 0.1) is 5.82 Å². The van der Waals surface area contributed by atoms with E-state index in [1.54, 1.807) is 6.07 Å². The highest BCUT2D eigenvalue weighted by atomic mass is 79.9. The summed E-state index contributed by atoms with van der Waals surface area (Å²) in [7, 11) is 0. The van der Waals surface area contributed by atoms with Gasteiger partial charge in [-0.2, -0.15) is 0 Å². The molecule has 112 valence electrons. The SMILES string of the molecule is CC(C)c1cc(Br)ccc1Oc1c(N)cc(N)c(Cl)c1F. The highest BCUT2D eigenvalue weighted by molar-refractivity contribution is 9.10. The molecule has 0 unspecified atom stereocenters. The molecule has 2 rings (SSSR count). The molecule has 6 heteroatoms. The van der Waals surface area contributed by atoms with Crippen LogP contribution in [0.2, 0.25) is 5.02 Å². The quantitative estimate of drug-likeness (QED) is 0.716. The van der Waals surface area contributed by atoms with Crippen LogP contribution in [0.4, 0.5) is 15.8 Å². The molecule has 0 aliphatic rings. The van der Waals surface area contributed by atoms with Gasteiger partial charge in [-0.3, -0.25) is 0 Å². The van der Waals surface area contributed by atoms with Gasteiger partial charge in [-0.1, -0.05) is 41.4 Å². The molecular weight excluding hydrogens is 359 g/mol. The molecule has 0 heterocycles. The number of halogens is 3. The summed E-state index contributed by atoms with van der Waals surface area (Å²) in [6.45, 7) is 4.04. The second-order valence-corrected chi connectivity index (χ2v) is 6.24. The van der Waals surface area contributed by atoms with E-state index in [0.717, 1.165) is 10.0 Å². The fraction of sp³-hybridized carbons (Fsp3) is 0.200. The number of nitrogens with two attached hydrogens (primary N) is 2. The van der Waals surface area contributed by atoms with Gasteiger partial charge < -0.3 is 16.2 Å². The monoisotopic (exact) mass is 372 g/mol. The molecular formula is C15H15BrClFN2O. The Labute approximate surface area is 136 Å². The van der Waals surface area contributed by atoms with E-state index in [1.165, 1.54) is 6.07 Å². The molecule has 0 spiro atoms. The summed E-state index contributed by atoms with van der Waals surface area (Å²) >= 11 is 9.21. The molecule has 0 amide bonds. The van der Waals surface area contributed by atoms with Crippen molar-refractivity contribution in [2.75, 3.05) is 11.5 Å². The van der Waals surface area contributed by atoms with Crippen molar-refractivity contribution in [3.05, 3.63) is 45.1 Å². The van der Waals surface area contributed by atoms with Crippen LogP contribution in [0.25, 0.3) is 0 Å².